The van der Waals surface area contributed by atoms with Crippen LogP contribution in [0.1, 0.15) is 13.8 Å². The normalized spacial score (nSPS) is 13.6. The van der Waals surface area contributed by atoms with E-state index in [1.165, 1.54) is 0 Å². The zero-order chi connectivity index (χ0) is 14.1. The molecule has 1 aromatic carbocycles. The Morgan fingerprint density at radius 1 is 1.37 bits per heavy atom. The lowest BCUT2D eigenvalue weighted by molar-refractivity contribution is -0.145. The minimum absolute atomic E-state index is 0.173. The van der Waals surface area contributed by atoms with Gasteiger partial charge in [-0.2, -0.15) is 0 Å². The van der Waals surface area contributed by atoms with E-state index in [9.17, 15) is 9.90 Å². The van der Waals surface area contributed by atoms with Crippen LogP contribution in [-0.4, -0.2) is 43.0 Å². The summed E-state index contributed by atoms with van der Waals surface area (Å²) in [6.07, 6.45) is -0.683. The number of carbonyl (C=O) groups excluding carboxylic acids is 1. The summed E-state index contributed by atoms with van der Waals surface area (Å²) in [5, 5.41) is 12.6. The Hall–Kier alpha value is -1.59. The summed E-state index contributed by atoms with van der Waals surface area (Å²) < 4.78 is 10.3. The van der Waals surface area contributed by atoms with E-state index in [0.717, 1.165) is 0 Å². The molecule has 1 rings (SSSR count). The molecule has 0 aliphatic rings. The molecule has 0 saturated carbocycles. The predicted octanol–water partition coefficient (Wildman–Crippen LogP) is 0.967. The number of nitrogens with one attached hydrogen (secondary N) is 1. The molecule has 0 spiro atoms. The van der Waals surface area contributed by atoms with Crippen molar-refractivity contribution in [3.8, 4) is 5.75 Å². The minimum Gasteiger partial charge on any atom is -0.491 e. The first-order chi connectivity index (χ1) is 9.13. The van der Waals surface area contributed by atoms with Crippen LogP contribution in [0.3, 0.4) is 0 Å². The van der Waals surface area contributed by atoms with Crippen molar-refractivity contribution in [1.29, 1.82) is 0 Å². The van der Waals surface area contributed by atoms with Gasteiger partial charge in [0.2, 0.25) is 0 Å². The minimum atomic E-state index is -0.683. The van der Waals surface area contributed by atoms with Crippen molar-refractivity contribution >= 4 is 5.97 Å². The van der Waals surface area contributed by atoms with Gasteiger partial charge in [0, 0.05) is 6.54 Å². The first-order valence-corrected chi connectivity index (χ1v) is 6.39. The maximum absolute atomic E-state index is 11.3. The van der Waals surface area contributed by atoms with E-state index < -0.39 is 12.1 Å². The Kier molecular flexibility index (Phi) is 6.92. The van der Waals surface area contributed by atoms with Crippen molar-refractivity contribution in [2.24, 2.45) is 0 Å². The van der Waals surface area contributed by atoms with Crippen LogP contribution in [0.25, 0.3) is 0 Å². The molecule has 0 saturated heterocycles. The summed E-state index contributed by atoms with van der Waals surface area (Å²) in [6.45, 7) is 4.25. The fourth-order valence-electron chi connectivity index (χ4n) is 1.43. The highest BCUT2D eigenvalue weighted by Gasteiger charge is 2.15. The van der Waals surface area contributed by atoms with Crippen LogP contribution in [0.5, 0.6) is 5.75 Å². The molecule has 0 bridgehead atoms. The van der Waals surface area contributed by atoms with Crippen LogP contribution in [0, 0.1) is 0 Å². The van der Waals surface area contributed by atoms with Gasteiger partial charge >= 0.3 is 5.97 Å². The number of aliphatic hydroxyl groups excluding tert-OH is 1. The Balaban J connectivity index is 2.21. The molecule has 0 aromatic heterocycles. The largest absolute Gasteiger partial charge is 0.491 e. The highest BCUT2D eigenvalue weighted by Crippen LogP contribution is 2.08. The second kappa shape index (κ2) is 8.50. The average Bonchev–Trinajstić information content (AvgIpc) is 2.43. The molecule has 19 heavy (non-hydrogen) atoms. The van der Waals surface area contributed by atoms with Gasteiger partial charge in [0.05, 0.1) is 6.61 Å². The van der Waals surface area contributed by atoms with Crippen molar-refractivity contribution in [1.82, 2.24) is 5.32 Å². The zero-order valence-electron chi connectivity index (χ0n) is 11.3. The van der Waals surface area contributed by atoms with Crippen LogP contribution in [0.15, 0.2) is 30.3 Å². The van der Waals surface area contributed by atoms with Crippen LogP contribution in [0.4, 0.5) is 0 Å². The number of ether oxygens (including phenoxy) is 2. The van der Waals surface area contributed by atoms with E-state index in [1.807, 2.05) is 30.3 Å². The molecule has 0 fully saturated rings. The quantitative estimate of drug-likeness (QED) is 0.687. The fraction of sp³-hybridized carbons (Fsp3) is 0.500. The van der Waals surface area contributed by atoms with Gasteiger partial charge in [0.25, 0.3) is 0 Å². The number of aliphatic hydroxyl groups is 1. The Morgan fingerprint density at radius 2 is 2.05 bits per heavy atom. The van der Waals surface area contributed by atoms with Crippen molar-refractivity contribution in [2.75, 3.05) is 19.8 Å². The lowest BCUT2D eigenvalue weighted by atomic mass is 10.3. The van der Waals surface area contributed by atoms with Gasteiger partial charge in [-0.15, -0.1) is 0 Å². The Bertz CT molecular complexity index is 369. The number of para-hydroxylation sites is 1. The van der Waals surface area contributed by atoms with Crippen molar-refractivity contribution in [3.63, 3.8) is 0 Å². The van der Waals surface area contributed by atoms with Gasteiger partial charge in [-0.1, -0.05) is 18.2 Å². The molecule has 1 aromatic rings. The summed E-state index contributed by atoms with van der Waals surface area (Å²) in [7, 11) is 0. The van der Waals surface area contributed by atoms with Crippen molar-refractivity contribution in [2.45, 2.75) is 26.0 Å². The van der Waals surface area contributed by atoms with E-state index in [2.05, 4.69) is 5.32 Å². The molecule has 0 radical (unpaired) electrons. The van der Waals surface area contributed by atoms with E-state index in [4.69, 9.17) is 9.47 Å². The Labute approximate surface area is 113 Å². The van der Waals surface area contributed by atoms with Crippen molar-refractivity contribution < 1.29 is 19.4 Å². The number of rotatable bonds is 8. The van der Waals surface area contributed by atoms with Gasteiger partial charge < -0.3 is 19.9 Å². The lowest BCUT2D eigenvalue weighted by Crippen LogP contribution is -2.41. The highest BCUT2D eigenvalue weighted by atomic mass is 16.5. The number of benzene rings is 1. The van der Waals surface area contributed by atoms with Gasteiger partial charge in [-0.25, -0.2) is 0 Å². The van der Waals surface area contributed by atoms with E-state index >= 15 is 0 Å². The molecule has 0 aliphatic carbocycles. The van der Waals surface area contributed by atoms with Gasteiger partial charge in [0.15, 0.2) is 0 Å². The first kappa shape index (κ1) is 15.5. The maximum Gasteiger partial charge on any atom is 0.322 e. The molecule has 0 amide bonds. The second-order valence-electron chi connectivity index (χ2n) is 4.16. The summed E-state index contributed by atoms with van der Waals surface area (Å²) in [5.41, 5.74) is 0. The third kappa shape index (κ3) is 6.22. The van der Waals surface area contributed by atoms with Crippen LogP contribution in [-0.2, 0) is 9.53 Å². The SMILES string of the molecule is CCOC(=O)[C@H](C)NCC(O)COc1ccccc1. The van der Waals surface area contributed by atoms with Crippen LogP contribution in [0.2, 0.25) is 0 Å². The van der Waals surface area contributed by atoms with E-state index in [0.29, 0.717) is 12.4 Å². The second-order valence-corrected chi connectivity index (χ2v) is 4.16. The van der Waals surface area contributed by atoms with E-state index in [-0.39, 0.29) is 19.1 Å². The number of hydrogen-bond acceptors (Lipinski definition) is 5. The van der Waals surface area contributed by atoms with E-state index in [1.54, 1.807) is 13.8 Å². The van der Waals surface area contributed by atoms with Gasteiger partial charge in [-0.3, -0.25) is 4.79 Å². The zero-order valence-corrected chi connectivity index (χ0v) is 11.3. The molecular weight excluding hydrogens is 246 g/mol. The fourth-order valence-corrected chi connectivity index (χ4v) is 1.43. The number of carbonyl (C=O) groups is 1. The Morgan fingerprint density at radius 3 is 2.68 bits per heavy atom. The third-order valence-corrected chi connectivity index (χ3v) is 2.49. The number of hydrogen-bond donors (Lipinski definition) is 2. The molecular formula is C14H21NO4. The standard InChI is InChI=1S/C14H21NO4/c1-3-18-14(17)11(2)15-9-12(16)10-19-13-7-5-4-6-8-13/h4-8,11-12,15-16H,3,9-10H2,1-2H3/t11-,12?/m0/s1. The topological polar surface area (TPSA) is 67.8 Å². The number of esters is 1. The lowest BCUT2D eigenvalue weighted by Gasteiger charge is -2.16. The molecule has 1 unspecified atom stereocenters. The average molecular weight is 267 g/mol. The molecule has 0 aliphatic heterocycles. The van der Waals surface area contributed by atoms with Crippen LogP contribution >= 0.6 is 0 Å². The monoisotopic (exact) mass is 267 g/mol. The predicted molar refractivity (Wildman–Crippen MR) is 72.0 cm³/mol. The first-order valence-electron chi connectivity index (χ1n) is 6.39. The molecule has 2 atom stereocenters. The molecule has 2 N–H and O–H groups in total. The maximum atomic E-state index is 11.3. The third-order valence-electron chi connectivity index (χ3n) is 2.49. The van der Waals surface area contributed by atoms with Gasteiger partial charge in [0.1, 0.15) is 24.5 Å². The van der Waals surface area contributed by atoms with Crippen molar-refractivity contribution in [3.05, 3.63) is 30.3 Å². The summed E-state index contributed by atoms with van der Waals surface area (Å²) in [6, 6.07) is 8.83. The smallest absolute Gasteiger partial charge is 0.322 e. The molecule has 5 nitrogen and oxygen atoms in total. The summed E-state index contributed by atoms with van der Waals surface area (Å²) in [5.74, 6) is 0.388. The molecule has 5 heteroatoms. The molecule has 0 heterocycles. The van der Waals surface area contributed by atoms with Crippen LogP contribution < -0.4 is 10.1 Å². The summed E-state index contributed by atoms with van der Waals surface area (Å²) >= 11 is 0. The molecule has 106 valence electrons. The van der Waals surface area contributed by atoms with Gasteiger partial charge in [-0.05, 0) is 26.0 Å². The highest BCUT2D eigenvalue weighted by molar-refractivity contribution is 5.75. The summed E-state index contributed by atoms with van der Waals surface area (Å²) in [4.78, 5) is 11.3.